The molecule has 0 heterocycles. The van der Waals surface area contributed by atoms with Crippen LogP contribution in [0.1, 0.15) is 72.6 Å². The van der Waals surface area contributed by atoms with E-state index in [0.717, 1.165) is 44.9 Å². The highest BCUT2D eigenvalue weighted by atomic mass is 32.3. The number of rotatable bonds is 11. The highest BCUT2D eigenvalue weighted by Gasteiger charge is 2.57. The smallest absolute Gasteiger partial charge is 0.217 e. The second-order valence-corrected chi connectivity index (χ2v) is 14.0. The van der Waals surface area contributed by atoms with Crippen molar-refractivity contribution in [3.8, 4) is 0 Å². The van der Waals surface area contributed by atoms with Gasteiger partial charge in [0.15, 0.2) is 12.3 Å². The summed E-state index contributed by atoms with van der Waals surface area (Å²) in [6.07, 6.45) is 12.9. The molecular formula is C27H42O9S2-2. The molecule has 3 fully saturated rings. The molecule has 11 heteroatoms. The minimum atomic E-state index is -4.72. The van der Waals surface area contributed by atoms with Crippen LogP contribution in [0.2, 0.25) is 0 Å². The van der Waals surface area contributed by atoms with E-state index in [1.807, 2.05) is 19.9 Å². The van der Waals surface area contributed by atoms with Crippen molar-refractivity contribution in [1.82, 2.24) is 0 Å². The van der Waals surface area contributed by atoms with Gasteiger partial charge >= 0.3 is 0 Å². The lowest BCUT2D eigenvalue weighted by atomic mass is 9.49. The van der Waals surface area contributed by atoms with Crippen LogP contribution in [0.3, 0.4) is 0 Å². The summed E-state index contributed by atoms with van der Waals surface area (Å²) in [5.74, 6) is 2.30. The fraction of sp³-hybridized carbons (Fsp3) is 0.852. The Kier molecular flexibility index (Phi) is 10.1. The van der Waals surface area contributed by atoms with Gasteiger partial charge in [-0.2, -0.15) is 0 Å². The zero-order valence-electron chi connectivity index (χ0n) is 22.7. The highest BCUT2D eigenvalue weighted by Crippen LogP contribution is 2.63. The van der Waals surface area contributed by atoms with Gasteiger partial charge in [-0.15, -0.1) is 4.33 Å². The second-order valence-electron chi connectivity index (χ2n) is 12.4. The summed E-state index contributed by atoms with van der Waals surface area (Å²) in [5, 5.41) is 24.9. The lowest BCUT2D eigenvalue weighted by Gasteiger charge is -2.56. The molecule has 4 aliphatic rings. The number of hydrogen-bond acceptors (Lipinski definition) is 10. The van der Waals surface area contributed by atoms with Crippen LogP contribution in [0.5, 0.6) is 0 Å². The molecule has 3 saturated carbocycles. The van der Waals surface area contributed by atoms with Gasteiger partial charge in [-0.1, -0.05) is 51.5 Å². The molecule has 4 rings (SSSR count). The molecule has 0 saturated heterocycles. The van der Waals surface area contributed by atoms with Crippen LogP contribution < -0.4 is 5.26 Å². The van der Waals surface area contributed by atoms with Crippen LogP contribution >= 0.6 is 12.3 Å². The number of aliphatic hydroxyl groups excluding tert-OH is 1. The first kappa shape index (κ1) is 30.5. The van der Waals surface area contributed by atoms with Crippen molar-refractivity contribution in [3.05, 3.63) is 23.8 Å². The van der Waals surface area contributed by atoms with Gasteiger partial charge < -0.3 is 14.9 Å². The lowest BCUT2D eigenvalue weighted by molar-refractivity contribution is -0.777. The maximum Gasteiger partial charge on any atom is 0.217 e. The second kappa shape index (κ2) is 12.6. The van der Waals surface area contributed by atoms with Crippen LogP contribution in [-0.2, 0) is 28.1 Å². The molecule has 0 aromatic heterocycles. The molecule has 3 unspecified atom stereocenters. The Hall–Kier alpha value is -0.500. The molecule has 0 spiro atoms. The molecule has 0 aliphatic heterocycles. The molecule has 0 aromatic rings. The van der Waals surface area contributed by atoms with Gasteiger partial charge in [0.25, 0.3) is 0 Å². The molecule has 4 aliphatic carbocycles. The van der Waals surface area contributed by atoms with Gasteiger partial charge in [-0.05, 0) is 91.8 Å². The number of hydrogen-bond donors (Lipinski definition) is 1. The largest absolute Gasteiger partial charge is 0.726 e. The Balaban J connectivity index is 1.43. The topological polar surface area (TPSA) is 137 Å². The normalized spacial score (nSPS) is 38.9. The van der Waals surface area contributed by atoms with Crippen LogP contribution in [0.15, 0.2) is 23.8 Å². The first-order valence-corrected chi connectivity index (χ1v) is 15.9. The Morgan fingerprint density at radius 3 is 2.66 bits per heavy atom. The van der Waals surface area contributed by atoms with E-state index in [1.54, 1.807) is 0 Å². The zero-order chi connectivity index (χ0) is 27.7. The number of aliphatic hydroxyl groups is 1. The van der Waals surface area contributed by atoms with Gasteiger partial charge in [-0.3, -0.25) is 13.4 Å². The van der Waals surface area contributed by atoms with Gasteiger partial charge in [-0.25, -0.2) is 8.42 Å². The van der Waals surface area contributed by atoms with Crippen molar-refractivity contribution >= 4 is 22.7 Å². The average molecular weight is 575 g/mol. The predicted molar refractivity (Wildman–Crippen MR) is 139 cm³/mol. The number of allylic oxidation sites excluding steroid dienone is 2. The van der Waals surface area contributed by atoms with Gasteiger partial charge in [0.2, 0.25) is 10.4 Å². The van der Waals surface area contributed by atoms with Gasteiger partial charge in [0, 0.05) is 5.92 Å². The Morgan fingerprint density at radius 2 is 1.97 bits per heavy atom. The molecule has 218 valence electrons. The third-order valence-corrected chi connectivity index (χ3v) is 11.2. The van der Waals surface area contributed by atoms with Crippen molar-refractivity contribution in [2.45, 2.75) is 84.8 Å². The summed E-state index contributed by atoms with van der Waals surface area (Å²) >= 11 is 0.592. The van der Waals surface area contributed by atoms with Crippen molar-refractivity contribution in [2.24, 2.45) is 52.8 Å². The SMILES string of the molecule is CC(C)[C@@H](/C=C/[C@@H](C)[C@H]1CCC2C3CC=C4C[C@@H](OSOO[O-])CC[C@]4(C)C3C[C@H](O)[C@@H]21)COS(=O)(=O)[O-]. The first-order valence-electron chi connectivity index (χ1n) is 13.9. The Bertz CT molecular complexity index is 968. The van der Waals surface area contributed by atoms with E-state index in [4.69, 9.17) is 4.18 Å². The van der Waals surface area contributed by atoms with Crippen molar-refractivity contribution < 1.29 is 41.1 Å². The van der Waals surface area contributed by atoms with E-state index in [9.17, 15) is 23.3 Å². The summed E-state index contributed by atoms with van der Waals surface area (Å²) in [6.45, 7) is 8.36. The molecule has 0 bridgehead atoms. The Labute approximate surface area is 231 Å². The molecule has 1 N–H and O–H groups in total. The lowest BCUT2D eigenvalue weighted by Crippen LogP contribution is -2.52. The third kappa shape index (κ3) is 6.69. The maximum absolute atomic E-state index is 11.5. The van der Waals surface area contributed by atoms with Crippen LogP contribution in [-0.4, -0.2) is 36.9 Å². The molecule has 9 nitrogen and oxygen atoms in total. The number of fused-ring (bicyclic) bond motifs is 5. The van der Waals surface area contributed by atoms with Crippen LogP contribution in [0.25, 0.3) is 0 Å². The molecule has 10 atom stereocenters. The third-order valence-electron chi connectivity index (χ3n) is 10.3. The zero-order valence-corrected chi connectivity index (χ0v) is 24.3. The summed E-state index contributed by atoms with van der Waals surface area (Å²) in [6, 6.07) is 0. The van der Waals surface area contributed by atoms with Crippen molar-refractivity contribution in [1.29, 1.82) is 0 Å². The summed E-state index contributed by atoms with van der Waals surface area (Å²) in [7, 11) is -4.72. The standard InChI is InChI=1S/C27H44O9S2/c1-16(2)18(15-33-38(30,31)32)6-5-17(3)21-9-10-23-22-8-7-19-13-20(34-37-36-35-29)11-12-27(19,4)24(22)14-25(28)26(21)23/h5-7,16-18,20-26,28-29H,8-15H2,1-4H3,(H,30,31,32)/p-2/b6-5+/t17-,18+,20+,21-,22?,23?,24?,25+,26-,27+/m1/s1. The van der Waals surface area contributed by atoms with Crippen LogP contribution in [0.4, 0.5) is 0 Å². The van der Waals surface area contributed by atoms with Crippen LogP contribution in [0, 0.1) is 52.8 Å². The molecule has 0 radical (unpaired) electrons. The predicted octanol–water partition coefficient (Wildman–Crippen LogP) is 4.26. The summed E-state index contributed by atoms with van der Waals surface area (Å²) < 4.78 is 47.2. The fourth-order valence-electron chi connectivity index (χ4n) is 8.21. The van der Waals surface area contributed by atoms with E-state index >= 15 is 0 Å². The quantitative estimate of drug-likeness (QED) is 0.0724. The first-order chi connectivity index (χ1) is 17.9. The van der Waals surface area contributed by atoms with E-state index in [2.05, 4.69) is 39.6 Å². The van der Waals surface area contributed by atoms with Crippen molar-refractivity contribution in [2.75, 3.05) is 6.61 Å². The maximum atomic E-state index is 11.5. The van der Waals surface area contributed by atoms with Gasteiger partial charge in [0.1, 0.15) is 0 Å². The monoisotopic (exact) mass is 574 g/mol. The van der Waals surface area contributed by atoms with E-state index in [0.29, 0.717) is 36.0 Å². The van der Waals surface area contributed by atoms with E-state index < -0.39 is 10.4 Å². The minimum absolute atomic E-state index is 0.0235. The molecular weight excluding hydrogens is 532 g/mol. The fourth-order valence-corrected chi connectivity index (χ4v) is 8.87. The van der Waals surface area contributed by atoms with Gasteiger partial charge in [0.05, 0.1) is 18.8 Å². The Morgan fingerprint density at radius 1 is 1.21 bits per heavy atom. The summed E-state index contributed by atoms with van der Waals surface area (Å²) in [4.78, 5) is 0. The molecule has 38 heavy (non-hydrogen) atoms. The van der Waals surface area contributed by atoms with Crippen molar-refractivity contribution in [3.63, 3.8) is 0 Å². The average Bonchev–Trinajstić information content (AvgIpc) is 3.30. The summed E-state index contributed by atoms with van der Waals surface area (Å²) in [5.41, 5.74) is 1.45. The molecule has 0 amide bonds. The highest BCUT2D eigenvalue weighted by molar-refractivity contribution is 7.89. The van der Waals surface area contributed by atoms with E-state index in [-0.39, 0.29) is 47.9 Å². The van der Waals surface area contributed by atoms with E-state index in [1.165, 1.54) is 5.57 Å². The molecule has 0 aromatic carbocycles. The minimum Gasteiger partial charge on any atom is -0.726 e.